The number of hydrogen-bond donors (Lipinski definition) is 1. The molecule has 0 spiro atoms. The van der Waals surface area contributed by atoms with Crippen LogP contribution in [0.2, 0.25) is 0 Å². The minimum absolute atomic E-state index is 0.141. The molecule has 2 aromatic heterocycles. The average molecular weight is 283 g/mol. The van der Waals surface area contributed by atoms with E-state index in [2.05, 4.69) is 22.2 Å². The number of nitrogens with zero attached hydrogens (tertiary/aromatic N) is 4. The SMILES string of the molecule is CCC[C@H](NC(=O)c1ccc(C#N)nc1)c1nccn1C. The zero-order valence-electron chi connectivity index (χ0n) is 12.1. The standard InChI is InChI=1S/C15H17N5O/c1-3-4-13(14-17-7-8-20(14)2)19-15(21)11-5-6-12(9-16)18-10-11/h5-8,10,13H,3-4H2,1-2H3,(H,19,21)/t13-/m0/s1. The van der Waals surface area contributed by atoms with Crippen molar-refractivity contribution in [3.8, 4) is 6.07 Å². The first kappa shape index (κ1) is 14.7. The van der Waals surface area contributed by atoms with Crippen LogP contribution in [-0.2, 0) is 7.05 Å². The average Bonchev–Trinajstić information content (AvgIpc) is 2.93. The van der Waals surface area contributed by atoms with Gasteiger partial charge in [-0.05, 0) is 18.6 Å². The number of aromatic nitrogens is 3. The van der Waals surface area contributed by atoms with E-state index in [1.165, 1.54) is 12.3 Å². The molecular weight excluding hydrogens is 266 g/mol. The minimum atomic E-state index is -0.214. The van der Waals surface area contributed by atoms with Gasteiger partial charge in [-0.3, -0.25) is 4.79 Å². The number of rotatable bonds is 5. The molecule has 0 unspecified atom stereocenters. The van der Waals surface area contributed by atoms with Gasteiger partial charge < -0.3 is 9.88 Å². The topological polar surface area (TPSA) is 83.6 Å². The highest BCUT2D eigenvalue weighted by atomic mass is 16.1. The van der Waals surface area contributed by atoms with E-state index in [4.69, 9.17) is 5.26 Å². The number of imidazole rings is 1. The number of amides is 1. The zero-order valence-corrected chi connectivity index (χ0v) is 12.1. The number of carbonyl (C=O) groups excluding carboxylic acids is 1. The third-order valence-corrected chi connectivity index (χ3v) is 3.19. The Kier molecular flexibility index (Phi) is 4.67. The summed E-state index contributed by atoms with van der Waals surface area (Å²) in [6, 6.07) is 4.92. The molecule has 2 rings (SSSR count). The van der Waals surface area contributed by atoms with Gasteiger partial charge in [0, 0.05) is 25.6 Å². The van der Waals surface area contributed by atoms with Crippen LogP contribution in [0.15, 0.2) is 30.7 Å². The number of hydrogen-bond acceptors (Lipinski definition) is 4. The fraction of sp³-hybridized carbons (Fsp3) is 0.333. The van der Waals surface area contributed by atoms with E-state index < -0.39 is 0 Å². The molecule has 0 saturated carbocycles. The summed E-state index contributed by atoms with van der Waals surface area (Å²) in [6.07, 6.45) is 6.72. The Morgan fingerprint density at radius 1 is 1.48 bits per heavy atom. The molecule has 2 aromatic rings. The van der Waals surface area contributed by atoms with Crippen LogP contribution in [0.25, 0.3) is 0 Å². The minimum Gasteiger partial charge on any atom is -0.342 e. The van der Waals surface area contributed by atoms with Gasteiger partial charge in [-0.15, -0.1) is 0 Å². The second kappa shape index (κ2) is 6.66. The van der Waals surface area contributed by atoms with Crippen molar-refractivity contribution in [2.45, 2.75) is 25.8 Å². The molecule has 0 saturated heterocycles. The maximum Gasteiger partial charge on any atom is 0.253 e. The molecule has 0 aliphatic heterocycles. The van der Waals surface area contributed by atoms with Crippen LogP contribution in [-0.4, -0.2) is 20.4 Å². The van der Waals surface area contributed by atoms with E-state index in [1.54, 1.807) is 12.3 Å². The van der Waals surface area contributed by atoms with E-state index in [0.29, 0.717) is 11.3 Å². The van der Waals surface area contributed by atoms with Crippen molar-refractivity contribution in [3.63, 3.8) is 0 Å². The zero-order chi connectivity index (χ0) is 15.2. The number of carbonyl (C=O) groups is 1. The monoisotopic (exact) mass is 283 g/mol. The lowest BCUT2D eigenvalue weighted by Gasteiger charge is -2.17. The third-order valence-electron chi connectivity index (χ3n) is 3.19. The summed E-state index contributed by atoms with van der Waals surface area (Å²) in [5.74, 6) is 0.611. The van der Waals surface area contributed by atoms with Crippen LogP contribution >= 0.6 is 0 Å². The molecule has 0 fully saturated rings. The van der Waals surface area contributed by atoms with Crippen LogP contribution in [0.4, 0.5) is 0 Å². The Bertz CT molecular complexity index is 653. The Morgan fingerprint density at radius 3 is 2.81 bits per heavy atom. The highest BCUT2D eigenvalue weighted by Crippen LogP contribution is 2.17. The molecular formula is C15H17N5O. The molecule has 0 bridgehead atoms. The molecule has 0 aromatic carbocycles. The van der Waals surface area contributed by atoms with Gasteiger partial charge in [0.25, 0.3) is 5.91 Å². The second-order valence-corrected chi connectivity index (χ2v) is 4.75. The molecule has 1 N–H and O–H groups in total. The van der Waals surface area contributed by atoms with Crippen molar-refractivity contribution < 1.29 is 4.79 Å². The Hall–Kier alpha value is -2.68. The summed E-state index contributed by atoms with van der Waals surface area (Å²) >= 11 is 0. The summed E-state index contributed by atoms with van der Waals surface area (Å²) in [4.78, 5) is 20.5. The maximum atomic E-state index is 12.3. The van der Waals surface area contributed by atoms with Crippen LogP contribution in [0.1, 0.15) is 47.7 Å². The predicted molar refractivity (Wildman–Crippen MR) is 77.3 cm³/mol. The third kappa shape index (κ3) is 3.45. The van der Waals surface area contributed by atoms with Gasteiger partial charge in [-0.1, -0.05) is 13.3 Å². The molecule has 0 aliphatic carbocycles. The number of nitrogens with one attached hydrogen (secondary N) is 1. The van der Waals surface area contributed by atoms with Crippen molar-refractivity contribution in [1.82, 2.24) is 19.9 Å². The molecule has 1 amide bonds. The molecule has 108 valence electrons. The van der Waals surface area contributed by atoms with Crippen molar-refractivity contribution in [2.24, 2.45) is 7.05 Å². The molecule has 2 heterocycles. The van der Waals surface area contributed by atoms with E-state index in [-0.39, 0.29) is 11.9 Å². The van der Waals surface area contributed by atoms with Gasteiger partial charge in [-0.25, -0.2) is 9.97 Å². The normalized spacial score (nSPS) is 11.7. The van der Waals surface area contributed by atoms with Crippen LogP contribution in [0.3, 0.4) is 0 Å². The van der Waals surface area contributed by atoms with Crippen LogP contribution in [0.5, 0.6) is 0 Å². The molecule has 0 aliphatic rings. The summed E-state index contributed by atoms with van der Waals surface area (Å²) in [6.45, 7) is 2.06. The highest BCUT2D eigenvalue weighted by molar-refractivity contribution is 5.94. The summed E-state index contributed by atoms with van der Waals surface area (Å²) in [5.41, 5.74) is 0.727. The first-order chi connectivity index (χ1) is 10.2. The number of nitriles is 1. The maximum absolute atomic E-state index is 12.3. The quantitative estimate of drug-likeness (QED) is 0.909. The van der Waals surface area contributed by atoms with Crippen molar-refractivity contribution in [1.29, 1.82) is 5.26 Å². The van der Waals surface area contributed by atoms with E-state index in [9.17, 15) is 4.79 Å². The van der Waals surface area contributed by atoms with E-state index in [1.807, 2.05) is 23.9 Å². The van der Waals surface area contributed by atoms with Crippen LogP contribution < -0.4 is 5.32 Å². The van der Waals surface area contributed by atoms with Crippen molar-refractivity contribution in [3.05, 3.63) is 47.8 Å². The van der Waals surface area contributed by atoms with E-state index >= 15 is 0 Å². The van der Waals surface area contributed by atoms with Gasteiger partial charge in [0.1, 0.15) is 17.6 Å². The molecule has 21 heavy (non-hydrogen) atoms. The lowest BCUT2D eigenvalue weighted by Crippen LogP contribution is -2.30. The molecule has 1 atom stereocenters. The summed E-state index contributed by atoms with van der Waals surface area (Å²) < 4.78 is 1.90. The predicted octanol–water partition coefficient (Wildman–Crippen LogP) is 1.96. The smallest absolute Gasteiger partial charge is 0.253 e. The summed E-state index contributed by atoms with van der Waals surface area (Å²) in [5, 5.41) is 11.7. The Morgan fingerprint density at radius 2 is 2.29 bits per heavy atom. The first-order valence-corrected chi connectivity index (χ1v) is 6.80. The summed E-state index contributed by atoms with van der Waals surface area (Å²) in [7, 11) is 1.90. The Balaban J connectivity index is 2.14. The van der Waals surface area contributed by atoms with Gasteiger partial charge in [0.05, 0.1) is 11.6 Å². The highest BCUT2D eigenvalue weighted by Gasteiger charge is 2.18. The van der Waals surface area contributed by atoms with Gasteiger partial charge in [0.2, 0.25) is 0 Å². The number of pyridine rings is 1. The first-order valence-electron chi connectivity index (χ1n) is 6.80. The fourth-order valence-electron chi connectivity index (χ4n) is 2.10. The van der Waals surface area contributed by atoms with Crippen LogP contribution in [0, 0.1) is 11.3 Å². The Labute approximate surface area is 123 Å². The molecule has 6 heteroatoms. The lowest BCUT2D eigenvalue weighted by atomic mass is 10.1. The van der Waals surface area contributed by atoms with Crippen molar-refractivity contribution in [2.75, 3.05) is 0 Å². The van der Waals surface area contributed by atoms with E-state index in [0.717, 1.165) is 18.7 Å². The van der Waals surface area contributed by atoms with Gasteiger partial charge in [0.15, 0.2) is 0 Å². The lowest BCUT2D eigenvalue weighted by molar-refractivity contribution is 0.0931. The molecule has 6 nitrogen and oxygen atoms in total. The largest absolute Gasteiger partial charge is 0.342 e. The fourth-order valence-corrected chi connectivity index (χ4v) is 2.10. The number of aryl methyl sites for hydroxylation is 1. The van der Waals surface area contributed by atoms with Gasteiger partial charge >= 0.3 is 0 Å². The molecule has 0 radical (unpaired) electrons. The second-order valence-electron chi connectivity index (χ2n) is 4.75. The van der Waals surface area contributed by atoms with Crippen molar-refractivity contribution >= 4 is 5.91 Å². The van der Waals surface area contributed by atoms with Gasteiger partial charge in [-0.2, -0.15) is 5.26 Å².